The number of benzene rings is 1. The van der Waals surface area contributed by atoms with Crippen molar-refractivity contribution in [3.63, 3.8) is 0 Å². The van der Waals surface area contributed by atoms with Crippen molar-refractivity contribution in [2.75, 3.05) is 6.54 Å². The van der Waals surface area contributed by atoms with Crippen LogP contribution in [0.3, 0.4) is 0 Å². The van der Waals surface area contributed by atoms with Gasteiger partial charge < -0.3 is 10.1 Å². The van der Waals surface area contributed by atoms with E-state index in [9.17, 15) is 13.6 Å². The maximum absolute atomic E-state index is 13.8. The topological polar surface area (TPSA) is 79.4 Å². The van der Waals surface area contributed by atoms with Gasteiger partial charge in [0.15, 0.2) is 11.4 Å². The van der Waals surface area contributed by atoms with E-state index in [0.29, 0.717) is 17.1 Å². The van der Waals surface area contributed by atoms with Crippen LogP contribution in [-0.2, 0) is 6.61 Å². The average molecular weight is 370 g/mol. The maximum Gasteiger partial charge on any atom is 0.271 e. The number of aryl methyl sites for hydroxylation is 2. The average Bonchev–Trinajstić information content (AvgIpc) is 2.95. The summed E-state index contributed by atoms with van der Waals surface area (Å²) >= 11 is 0. The molecule has 27 heavy (non-hydrogen) atoms. The first-order chi connectivity index (χ1) is 12.9. The molecular weight excluding hydrogens is 354 g/mol. The Hall–Kier alpha value is -3.47. The van der Waals surface area contributed by atoms with Crippen molar-refractivity contribution >= 4 is 11.6 Å². The highest BCUT2D eigenvalue weighted by atomic mass is 19.1. The number of nitrogens with one attached hydrogen (secondary N) is 1. The molecule has 6 nitrogen and oxygen atoms in total. The van der Waals surface area contributed by atoms with Gasteiger partial charge in [-0.1, -0.05) is 6.07 Å². The molecule has 138 valence electrons. The van der Waals surface area contributed by atoms with Gasteiger partial charge in [-0.15, -0.1) is 0 Å². The van der Waals surface area contributed by atoms with Gasteiger partial charge in [-0.2, -0.15) is 5.26 Å². The van der Waals surface area contributed by atoms with Crippen molar-refractivity contribution in [1.29, 1.82) is 5.26 Å². The van der Waals surface area contributed by atoms with Gasteiger partial charge in [0.2, 0.25) is 0 Å². The standard InChI is InChI=1S/C19H16F2N4O2/c1-11-8-16(27-10-13-14(20)4-3-5-15(13)21)18-24-12(2)17(25(18)9-11)19(26)23-7-6-22/h3-5,8-9H,7,10H2,1-2H3,(H,23,26). The number of nitrogens with zero attached hydrogens (tertiary/aromatic N) is 3. The van der Waals surface area contributed by atoms with Gasteiger partial charge in [0.25, 0.3) is 5.91 Å². The van der Waals surface area contributed by atoms with Crippen LogP contribution in [0.5, 0.6) is 5.75 Å². The van der Waals surface area contributed by atoms with Crippen LogP contribution in [0.25, 0.3) is 5.65 Å². The minimum atomic E-state index is -0.699. The van der Waals surface area contributed by atoms with Gasteiger partial charge in [-0.05, 0) is 37.6 Å². The zero-order chi connectivity index (χ0) is 19.6. The molecule has 0 saturated heterocycles. The predicted molar refractivity (Wildman–Crippen MR) is 93.3 cm³/mol. The number of amides is 1. The molecule has 2 heterocycles. The lowest BCUT2D eigenvalue weighted by Gasteiger charge is -2.11. The van der Waals surface area contributed by atoms with Crippen LogP contribution in [-0.4, -0.2) is 21.8 Å². The Morgan fingerprint density at radius 1 is 1.33 bits per heavy atom. The number of ether oxygens (including phenoxy) is 1. The molecule has 0 bridgehead atoms. The third-order valence-corrected chi connectivity index (χ3v) is 3.97. The molecular formula is C19H16F2N4O2. The van der Waals surface area contributed by atoms with Crippen LogP contribution in [0, 0.1) is 36.8 Å². The molecule has 8 heteroatoms. The predicted octanol–water partition coefficient (Wildman–Crippen LogP) is 3.06. The molecule has 0 saturated carbocycles. The molecule has 3 rings (SSSR count). The number of aromatic nitrogens is 2. The Balaban J connectivity index is 1.99. The molecule has 0 aliphatic heterocycles. The molecule has 1 aromatic carbocycles. The quantitative estimate of drug-likeness (QED) is 0.700. The van der Waals surface area contributed by atoms with Gasteiger partial charge in [-0.3, -0.25) is 9.20 Å². The molecule has 3 aromatic rings. The normalized spacial score (nSPS) is 10.6. The third kappa shape index (κ3) is 3.58. The maximum atomic E-state index is 13.8. The first-order valence-electron chi connectivity index (χ1n) is 8.12. The fourth-order valence-corrected chi connectivity index (χ4v) is 2.76. The molecule has 0 aliphatic carbocycles. The fourth-order valence-electron chi connectivity index (χ4n) is 2.76. The summed E-state index contributed by atoms with van der Waals surface area (Å²) < 4.78 is 34.8. The Kier molecular flexibility index (Phi) is 5.03. The van der Waals surface area contributed by atoms with Crippen molar-refractivity contribution in [2.45, 2.75) is 20.5 Å². The summed E-state index contributed by atoms with van der Waals surface area (Å²) in [6.07, 6.45) is 1.70. The number of pyridine rings is 1. The molecule has 0 spiro atoms. The highest BCUT2D eigenvalue weighted by molar-refractivity contribution is 5.95. The minimum Gasteiger partial charge on any atom is -0.485 e. The molecule has 0 aliphatic rings. The summed E-state index contributed by atoms with van der Waals surface area (Å²) in [7, 11) is 0. The van der Waals surface area contributed by atoms with E-state index in [1.54, 1.807) is 30.5 Å². The van der Waals surface area contributed by atoms with Gasteiger partial charge >= 0.3 is 0 Å². The second kappa shape index (κ2) is 7.41. The zero-order valence-electron chi connectivity index (χ0n) is 14.7. The van der Waals surface area contributed by atoms with Crippen LogP contribution in [0.1, 0.15) is 27.3 Å². The Morgan fingerprint density at radius 3 is 2.70 bits per heavy atom. The van der Waals surface area contributed by atoms with E-state index in [0.717, 1.165) is 17.7 Å². The fraction of sp³-hybridized carbons (Fsp3) is 0.211. The number of carbonyl (C=O) groups is 1. The van der Waals surface area contributed by atoms with E-state index in [2.05, 4.69) is 10.3 Å². The first-order valence-corrected chi connectivity index (χ1v) is 8.12. The Bertz CT molecular complexity index is 1050. The zero-order valence-corrected chi connectivity index (χ0v) is 14.7. The van der Waals surface area contributed by atoms with Gasteiger partial charge in [0.05, 0.1) is 17.3 Å². The van der Waals surface area contributed by atoms with Gasteiger partial charge in [0, 0.05) is 6.20 Å². The van der Waals surface area contributed by atoms with Crippen molar-refractivity contribution < 1.29 is 18.3 Å². The van der Waals surface area contributed by atoms with Crippen molar-refractivity contribution in [3.8, 4) is 11.8 Å². The second-order valence-electron chi connectivity index (χ2n) is 5.95. The minimum absolute atomic E-state index is 0.132. The number of imidazole rings is 1. The second-order valence-corrected chi connectivity index (χ2v) is 5.95. The number of hydrogen-bond donors (Lipinski definition) is 1. The molecule has 0 unspecified atom stereocenters. The molecule has 1 N–H and O–H groups in total. The lowest BCUT2D eigenvalue weighted by atomic mass is 10.2. The Labute approximate surface area is 154 Å². The highest BCUT2D eigenvalue weighted by Crippen LogP contribution is 2.25. The summed E-state index contributed by atoms with van der Waals surface area (Å²) in [5.74, 6) is -1.55. The van der Waals surface area contributed by atoms with Crippen LogP contribution >= 0.6 is 0 Å². The molecule has 0 radical (unpaired) electrons. The van der Waals surface area contributed by atoms with E-state index < -0.39 is 17.5 Å². The van der Waals surface area contributed by atoms with Crippen molar-refractivity contribution in [3.05, 3.63) is 64.6 Å². The van der Waals surface area contributed by atoms with Crippen LogP contribution < -0.4 is 10.1 Å². The van der Waals surface area contributed by atoms with E-state index in [1.807, 2.05) is 6.07 Å². The summed E-state index contributed by atoms with van der Waals surface area (Å²) in [6, 6.07) is 7.12. The number of halogens is 2. The summed E-state index contributed by atoms with van der Waals surface area (Å²) in [6.45, 7) is 3.00. The summed E-state index contributed by atoms with van der Waals surface area (Å²) in [5.41, 5.74) is 1.63. The molecule has 2 aromatic heterocycles. The number of rotatable bonds is 5. The first kappa shape index (κ1) is 18.3. The molecule has 0 fully saturated rings. The Morgan fingerprint density at radius 2 is 2.04 bits per heavy atom. The summed E-state index contributed by atoms with van der Waals surface area (Å²) in [5, 5.41) is 11.1. The van der Waals surface area contributed by atoms with E-state index >= 15 is 0 Å². The molecule has 1 amide bonds. The number of hydrogen-bond acceptors (Lipinski definition) is 4. The highest BCUT2D eigenvalue weighted by Gasteiger charge is 2.20. The smallest absolute Gasteiger partial charge is 0.271 e. The van der Waals surface area contributed by atoms with Gasteiger partial charge in [0.1, 0.15) is 30.5 Å². The molecule has 0 atom stereocenters. The lowest BCUT2D eigenvalue weighted by molar-refractivity contribution is 0.0952. The van der Waals surface area contributed by atoms with Crippen molar-refractivity contribution in [1.82, 2.24) is 14.7 Å². The SMILES string of the molecule is Cc1cc(OCc2c(F)cccc2F)c2nc(C)c(C(=O)NCC#N)n2c1. The number of nitriles is 1. The van der Waals surface area contributed by atoms with E-state index in [4.69, 9.17) is 10.00 Å². The number of carbonyl (C=O) groups excluding carboxylic acids is 1. The number of fused-ring (bicyclic) bond motifs is 1. The van der Waals surface area contributed by atoms with Gasteiger partial charge in [-0.25, -0.2) is 13.8 Å². The van der Waals surface area contributed by atoms with Crippen molar-refractivity contribution in [2.24, 2.45) is 0 Å². The summed E-state index contributed by atoms with van der Waals surface area (Å²) in [4.78, 5) is 16.7. The van der Waals surface area contributed by atoms with Crippen LogP contribution in [0.2, 0.25) is 0 Å². The lowest BCUT2D eigenvalue weighted by Crippen LogP contribution is -2.25. The van der Waals surface area contributed by atoms with E-state index in [1.165, 1.54) is 6.07 Å². The van der Waals surface area contributed by atoms with Crippen LogP contribution in [0.4, 0.5) is 8.78 Å². The third-order valence-electron chi connectivity index (χ3n) is 3.97. The van der Waals surface area contributed by atoms with E-state index in [-0.39, 0.29) is 24.4 Å². The van der Waals surface area contributed by atoms with Crippen LogP contribution in [0.15, 0.2) is 30.5 Å². The monoisotopic (exact) mass is 370 g/mol. The largest absolute Gasteiger partial charge is 0.485 e.